The maximum atomic E-state index is 11.7. The highest BCUT2D eigenvalue weighted by Gasteiger charge is 2.32. The van der Waals surface area contributed by atoms with E-state index in [1.165, 1.54) is 25.7 Å². The molecule has 0 saturated heterocycles. The number of carbonyl (C=O) groups excluding carboxylic acids is 1. The van der Waals surface area contributed by atoms with Crippen molar-refractivity contribution in [3.05, 3.63) is 0 Å². The standard InChI is InChI=1S/C14H28O3/c1-4-5-6-7-8-9-10-12(16)13(17)14(2,3)11-15/h13,15,17H,4-11H2,1-3H3. The summed E-state index contributed by atoms with van der Waals surface area (Å²) in [5.74, 6) is -0.139. The molecular formula is C14H28O3. The predicted octanol–water partition coefficient (Wildman–Crippen LogP) is 2.69. The first-order valence-corrected chi connectivity index (χ1v) is 6.77. The summed E-state index contributed by atoms with van der Waals surface area (Å²) in [6, 6.07) is 0. The summed E-state index contributed by atoms with van der Waals surface area (Å²) in [7, 11) is 0. The van der Waals surface area contributed by atoms with E-state index in [1.54, 1.807) is 13.8 Å². The quantitative estimate of drug-likeness (QED) is 0.581. The van der Waals surface area contributed by atoms with Gasteiger partial charge in [0.05, 0.1) is 6.61 Å². The highest BCUT2D eigenvalue weighted by Crippen LogP contribution is 2.22. The van der Waals surface area contributed by atoms with Gasteiger partial charge in [-0.1, -0.05) is 52.9 Å². The molecule has 2 N–H and O–H groups in total. The van der Waals surface area contributed by atoms with E-state index >= 15 is 0 Å². The van der Waals surface area contributed by atoms with Gasteiger partial charge in [-0.25, -0.2) is 0 Å². The van der Waals surface area contributed by atoms with Crippen LogP contribution in [-0.2, 0) is 4.79 Å². The lowest BCUT2D eigenvalue weighted by molar-refractivity contribution is -0.134. The Balaban J connectivity index is 3.72. The van der Waals surface area contributed by atoms with E-state index in [2.05, 4.69) is 6.92 Å². The van der Waals surface area contributed by atoms with Gasteiger partial charge < -0.3 is 10.2 Å². The number of aliphatic hydroxyl groups is 2. The molecule has 0 bridgehead atoms. The van der Waals surface area contributed by atoms with E-state index in [-0.39, 0.29) is 12.4 Å². The van der Waals surface area contributed by atoms with Crippen molar-refractivity contribution >= 4 is 5.78 Å². The zero-order valence-corrected chi connectivity index (χ0v) is 11.5. The molecule has 0 fully saturated rings. The smallest absolute Gasteiger partial charge is 0.161 e. The number of aliphatic hydroxyl groups excluding tert-OH is 2. The van der Waals surface area contributed by atoms with E-state index in [0.717, 1.165) is 12.8 Å². The molecule has 3 nitrogen and oxygen atoms in total. The molecule has 0 aromatic rings. The SMILES string of the molecule is CCCCCCCCC(=O)C(O)C(C)(C)CO. The monoisotopic (exact) mass is 244 g/mol. The van der Waals surface area contributed by atoms with Gasteiger partial charge in [-0.2, -0.15) is 0 Å². The minimum Gasteiger partial charge on any atom is -0.396 e. The first kappa shape index (κ1) is 16.6. The zero-order chi connectivity index (χ0) is 13.3. The molecule has 0 aliphatic heterocycles. The summed E-state index contributed by atoms with van der Waals surface area (Å²) in [6.45, 7) is 5.42. The first-order chi connectivity index (χ1) is 7.95. The van der Waals surface area contributed by atoms with Crippen molar-refractivity contribution in [3.8, 4) is 0 Å². The Morgan fingerprint density at radius 3 is 2.18 bits per heavy atom. The van der Waals surface area contributed by atoms with Crippen molar-refractivity contribution in [2.75, 3.05) is 6.61 Å². The predicted molar refractivity (Wildman–Crippen MR) is 69.9 cm³/mol. The van der Waals surface area contributed by atoms with E-state index in [0.29, 0.717) is 6.42 Å². The van der Waals surface area contributed by atoms with Crippen molar-refractivity contribution in [2.45, 2.75) is 71.8 Å². The minimum absolute atomic E-state index is 0.139. The van der Waals surface area contributed by atoms with Gasteiger partial charge in [-0.3, -0.25) is 4.79 Å². The second kappa shape index (κ2) is 8.65. The molecule has 0 amide bonds. The van der Waals surface area contributed by atoms with Gasteiger partial charge in [-0.15, -0.1) is 0 Å². The molecule has 0 spiro atoms. The Bertz CT molecular complexity index is 212. The Labute approximate surface area is 105 Å². The number of rotatable bonds is 10. The number of hydrogen-bond donors (Lipinski definition) is 2. The maximum Gasteiger partial charge on any atom is 0.161 e. The van der Waals surface area contributed by atoms with Gasteiger partial charge in [0.1, 0.15) is 6.10 Å². The third-order valence-corrected chi connectivity index (χ3v) is 3.23. The molecular weight excluding hydrogens is 216 g/mol. The highest BCUT2D eigenvalue weighted by molar-refractivity contribution is 5.83. The summed E-state index contributed by atoms with van der Waals surface area (Å²) in [6.07, 6.45) is 6.17. The van der Waals surface area contributed by atoms with E-state index in [4.69, 9.17) is 5.11 Å². The van der Waals surface area contributed by atoms with Crippen LogP contribution in [0.25, 0.3) is 0 Å². The number of unbranched alkanes of at least 4 members (excludes halogenated alkanes) is 5. The van der Waals surface area contributed by atoms with Crippen molar-refractivity contribution in [1.82, 2.24) is 0 Å². The average molecular weight is 244 g/mol. The van der Waals surface area contributed by atoms with Crippen LogP contribution in [0.1, 0.15) is 65.7 Å². The molecule has 0 rings (SSSR count). The lowest BCUT2D eigenvalue weighted by atomic mass is 9.84. The molecule has 1 atom stereocenters. The normalized spacial score (nSPS) is 13.7. The summed E-state index contributed by atoms with van der Waals surface area (Å²) in [4.78, 5) is 11.7. The third-order valence-electron chi connectivity index (χ3n) is 3.23. The Kier molecular flexibility index (Phi) is 8.44. The molecule has 0 aromatic carbocycles. The number of hydrogen-bond acceptors (Lipinski definition) is 3. The molecule has 102 valence electrons. The van der Waals surface area contributed by atoms with Crippen LogP contribution in [0.3, 0.4) is 0 Å². The molecule has 0 saturated carbocycles. The van der Waals surface area contributed by atoms with Crippen LogP contribution in [-0.4, -0.2) is 28.7 Å². The second-order valence-corrected chi connectivity index (χ2v) is 5.53. The Morgan fingerprint density at radius 2 is 1.65 bits per heavy atom. The molecule has 0 aliphatic carbocycles. The molecule has 0 radical (unpaired) electrons. The average Bonchev–Trinajstić information content (AvgIpc) is 2.32. The van der Waals surface area contributed by atoms with Crippen LogP contribution < -0.4 is 0 Å². The van der Waals surface area contributed by atoms with Gasteiger partial charge in [0.2, 0.25) is 0 Å². The first-order valence-electron chi connectivity index (χ1n) is 6.77. The third kappa shape index (κ3) is 6.79. The molecule has 0 aromatic heterocycles. The number of carbonyl (C=O) groups is 1. The number of ketones is 1. The van der Waals surface area contributed by atoms with Crippen LogP contribution in [0.5, 0.6) is 0 Å². The zero-order valence-electron chi connectivity index (χ0n) is 11.5. The lowest BCUT2D eigenvalue weighted by Gasteiger charge is -2.27. The molecule has 0 aliphatic rings. The largest absolute Gasteiger partial charge is 0.396 e. The summed E-state index contributed by atoms with van der Waals surface area (Å²) in [5, 5.41) is 18.8. The second-order valence-electron chi connectivity index (χ2n) is 5.53. The molecule has 3 heteroatoms. The van der Waals surface area contributed by atoms with Crippen molar-refractivity contribution in [1.29, 1.82) is 0 Å². The Hall–Kier alpha value is -0.410. The van der Waals surface area contributed by atoms with Crippen LogP contribution >= 0.6 is 0 Å². The lowest BCUT2D eigenvalue weighted by Crippen LogP contribution is -2.39. The summed E-state index contributed by atoms with van der Waals surface area (Å²) >= 11 is 0. The topological polar surface area (TPSA) is 57.5 Å². The van der Waals surface area contributed by atoms with Gasteiger partial charge in [0.15, 0.2) is 5.78 Å². The van der Waals surface area contributed by atoms with Crippen LogP contribution in [0, 0.1) is 5.41 Å². The maximum absolute atomic E-state index is 11.7. The van der Waals surface area contributed by atoms with E-state index in [9.17, 15) is 9.90 Å². The highest BCUT2D eigenvalue weighted by atomic mass is 16.3. The van der Waals surface area contributed by atoms with Gasteiger partial charge in [-0.05, 0) is 6.42 Å². The van der Waals surface area contributed by atoms with Crippen LogP contribution in [0.4, 0.5) is 0 Å². The summed E-state index contributed by atoms with van der Waals surface area (Å²) in [5.41, 5.74) is -0.723. The van der Waals surface area contributed by atoms with Crippen molar-refractivity contribution < 1.29 is 15.0 Å². The van der Waals surface area contributed by atoms with Crippen molar-refractivity contribution in [3.63, 3.8) is 0 Å². The fourth-order valence-corrected chi connectivity index (χ4v) is 1.74. The van der Waals surface area contributed by atoms with Gasteiger partial charge >= 0.3 is 0 Å². The van der Waals surface area contributed by atoms with Gasteiger partial charge in [0.25, 0.3) is 0 Å². The molecule has 0 heterocycles. The van der Waals surface area contributed by atoms with Gasteiger partial charge in [0, 0.05) is 11.8 Å². The minimum atomic E-state index is -1.04. The Morgan fingerprint density at radius 1 is 1.12 bits per heavy atom. The fourth-order valence-electron chi connectivity index (χ4n) is 1.74. The van der Waals surface area contributed by atoms with Crippen molar-refractivity contribution in [2.24, 2.45) is 5.41 Å². The fraction of sp³-hybridized carbons (Fsp3) is 0.929. The molecule has 17 heavy (non-hydrogen) atoms. The summed E-state index contributed by atoms with van der Waals surface area (Å²) < 4.78 is 0. The van der Waals surface area contributed by atoms with Crippen LogP contribution in [0.2, 0.25) is 0 Å². The van der Waals surface area contributed by atoms with E-state index in [1.807, 2.05) is 0 Å². The van der Waals surface area contributed by atoms with E-state index < -0.39 is 11.5 Å². The number of Topliss-reactive ketones (excluding diaryl/α,β-unsaturated/α-hetero) is 1. The van der Waals surface area contributed by atoms with Crippen LogP contribution in [0.15, 0.2) is 0 Å². The molecule has 1 unspecified atom stereocenters.